The summed E-state index contributed by atoms with van der Waals surface area (Å²) in [7, 11) is 0. The smallest absolute Gasteiger partial charge is 0.185 e. The van der Waals surface area contributed by atoms with Crippen LogP contribution in [0.4, 0.5) is 0 Å². The van der Waals surface area contributed by atoms with Crippen LogP contribution < -0.4 is 0 Å². The minimum absolute atomic E-state index is 0.0958. The number of halogens is 2. The van der Waals surface area contributed by atoms with Gasteiger partial charge in [-0.15, -0.1) is 0 Å². The zero-order valence-corrected chi connectivity index (χ0v) is 13.4. The summed E-state index contributed by atoms with van der Waals surface area (Å²) < 4.78 is 0. The van der Waals surface area contributed by atoms with Crippen molar-refractivity contribution in [1.82, 2.24) is 0 Å². The normalized spacial score (nSPS) is 11.3. The molecule has 0 aliphatic rings. The zero-order chi connectivity index (χ0) is 15.4. The number of allylic oxidation sites excluding steroid dienone is 1. The largest absolute Gasteiger partial charge is 0.289 e. The van der Waals surface area contributed by atoms with Gasteiger partial charge in [-0.3, -0.25) is 4.79 Å². The summed E-state index contributed by atoms with van der Waals surface area (Å²) >= 11 is 11.8. The molecule has 0 aliphatic carbocycles. The molecule has 0 aliphatic heterocycles. The van der Waals surface area contributed by atoms with Gasteiger partial charge in [0.2, 0.25) is 0 Å². The summed E-state index contributed by atoms with van der Waals surface area (Å²) in [6.07, 6.45) is 3.35. The Morgan fingerprint density at radius 1 is 1.00 bits per heavy atom. The van der Waals surface area contributed by atoms with E-state index < -0.39 is 0 Å². The maximum atomic E-state index is 12.1. The molecule has 0 saturated carbocycles. The van der Waals surface area contributed by atoms with Crippen LogP contribution >= 0.6 is 23.2 Å². The molecule has 2 aromatic carbocycles. The number of hydrogen-bond acceptors (Lipinski definition) is 1. The highest BCUT2D eigenvalue weighted by Gasteiger charge is 2.05. The van der Waals surface area contributed by atoms with Crippen LogP contribution in [-0.2, 0) is 0 Å². The molecule has 21 heavy (non-hydrogen) atoms. The quantitative estimate of drug-likeness (QED) is 0.498. The Morgan fingerprint density at radius 2 is 1.67 bits per heavy atom. The van der Waals surface area contributed by atoms with Crippen LogP contribution in [0.5, 0.6) is 0 Å². The van der Waals surface area contributed by atoms with Gasteiger partial charge in [0.25, 0.3) is 0 Å². The molecular formula is C18H16Cl2O. The number of carbonyl (C=O) groups excluding carboxylic acids is 1. The van der Waals surface area contributed by atoms with Crippen LogP contribution in [0.15, 0.2) is 48.5 Å². The lowest BCUT2D eigenvalue weighted by Crippen LogP contribution is -1.94. The molecule has 0 N–H and O–H groups in total. The minimum Gasteiger partial charge on any atom is -0.289 e. The highest BCUT2D eigenvalue weighted by Crippen LogP contribution is 2.23. The highest BCUT2D eigenvalue weighted by atomic mass is 35.5. The third-order valence-corrected chi connectivity index (χ3v) is 3.97. The van der Waals surface area contributed by atoms with Crippen molar-refractivity contribution in [2.45, 2.75) is 19.8 Å². The first-order valence-corrected chi connectivity index (χ1v) is 7.50. The lowest BCUT2D eigenvalue weighted by molar-refractivity contribution is 0.104. The summed E-state index contributed by atoms with van der Waals surface area (Å²) in [4.78, 5) is 12.1. The van der Waals surface area contributed by atoms with Gasteiger partial charge in [0, 0.05) is 5.56 Å². The van der Waals surface area contributed by atoms with Crippen molar-refractivity contribution in [2.75, 3.05) is 0 Å². The molecule has 0 heterocycles. The van der Waals surface area contributed by atoms with E-state index in [1.165, 1.54) is 5.56 Å². The molecule has 0 amide bonds. The molecule has 0 fully saturated rings. The number of hydrogen-bond donors (Lipinski definition) is 0. The van der Waals surface area contributed by atoms with Crippen molar-refractivity contribution < 1.29 is 4.79 Å². The van der Waals surface area contributed by atoms with Gasteiger partial charge in [-0.1, -0.05) is 67.4 Å². The van der Waals surface area contributed by atoms with Crippen molar-refractivity contribution in [3.63, 3.8) is 0 Å². The van der Waals surface area contributed by atoms with E-state index in [1.54, 1.807) is 30.4 Å². The van der Waals surface area contributed by atoms with E-state index in [1.807, 2.05) is 12.1 Å². The average molecular weight is 319 g/mol. The molecule has 2 aromatic rings. The number of benzene rings is 2. The second-order valence-electron chi connectivity index (χ2n) is 5.15. The Labute approximate surface area is 135 Å². The molecule has 2 rings (SSSR count). The first-order chi connectivity index (χ1) is 9.97. The van der Waals surface area contributed by atoms with Gasteiger partial charge < -0.3 is 0 Å². The monoisotopic (exact) mass is 318 g/mol. The van der Waals surface area contributed by atoms with E-state index in [4.69, 9.17) is 23.2 Å². The van der Waals surface area contributed by atoms with E-state index in [9.17, 15) is 4.79 Å². The Kier molecular flexibility index (Phi) is 5.22. The van der Waals surface area contributed by atoms with Crippen LogP contribution in [0.1, 0.15) is 41.3 Å². The maximum Gasteiger partial charge on any atom is 0.185 e. The average Bonchev–Trinajstić information content (AvgIpc) is 2.48. The van der Waals surface area contributed by atoms with E-state index in [2.05, 4.69) is 26.0 Å². The van der Waals surface area contributed by atoms with Crippen molar-refractivity contribution in [3.05, 3.63) is 75.3 Å². The summed E-state index contributed by atoms with van der Waals surface area (Å²) in [6.45, 7) is 4.30. The molecule has 0 spiro atoms. The second kappa shape index (κ2) is 6.93. The molecule has 3 heteroatoms. The lowest BCUT2D eigenvalue weighted by atomic mass is 10.0. The van der Waals surface area contributed by atoms with E-state index in [0.717, 1.165) is 5.56 Å². The molecule has 1 nitrogen and oxygen atoms in total. The summed E-state index contributed by atoms with van der Waals surface area (Å²) in [5.41, 5.74) is 2.80. The Hall–Kier alpha value is -1.57. The molecule has 0 aromatic heterocycles. The summed E-state index contributed by atoms with van der Waals surface area (Å²) in [6, 6.07) is 13.0. The van der Waals surface area contributed by atoms with Gasteiger partial charge in [-0.25, -0.2) is 0 Å². The third kappa shape index (κ3) is 4.20. The SMILES string of the molecule is CC(C)c1ccc(C=CC(=O)c2ccc(Cl)c(Cl)c2)cc1. The topological polar surface area (TPSA) is 17.1 Å². The molecule has 0 radical (unpaired) electrons. The summed E-state index contributed by atoms with van der Waals surface area (Å²) in [5, 5.41) is 0.832. The predicted molar refractivity (Wildman–Crippen MR) is 90.4 cm³/mol. The first kappa shape index (κ1) is 15.8. The molecule has 108 valence electrons. The number of carbonyl (C=O) groups is 1. The maximum absolute atomic E-state index is 12.1. The number of ketones is 1. The standard InChI is InChI=1S/C18H16Cl2O/c1-12(2)14-6-3-13(4-7-14)5-10-18(21)15-8-9-16(19)17(20)11-15/h3-12H,1-2H3. The lowest BCUT2D eigenvalue weighted by Gasteiger charge is -2.04. The third-order valence-electron chi connectivity index (χ3n) is 3.23. The van der Waals surface area contributed by atoms with Crippen LogP contribution in [0, 0.1) is 0 Å². The van der Waals surface area contributed by atoms with Gasteiger partial charge in [-0.2, -0.15) is 0 Å². The van der Waals surface area contributed by atoms with Gasteiger partial charge in [0.1, 0.15) is 0 Å². The highest BCUT2D eigenvalue weighted by molar-refractivity contribution is 6.42. The fraction of sp³-hybridized carbons (Fsp3) is 0.167. The van der Waals surface area contributed by atoms with Gasteiger partial charge in [-0.05, 0) is 41.3 Å². The van der Waals surface area contributed by atoms with Gasteiger partial charge in [0.15, 0.2) is 5.78 Å². The Bertz CT molecular complexity index is 670. The van der Waals surface area contributed by atoms with Crippen molar-refractivity contribution in [1.29, 1.82) is 0 Å². The Balaban J connectivity index is 2.12. The molecule has 0 atom stereocenters. The van der Waals surface area contributed by atoms with Gasteiger partial charge in [0.05, 0.1) is 10.0 Å². The fourth-order valence-electron chi connectivity index (χ4n) is 1.91. The fourth-order valence-corrected chi connectivity index (χ4v) is 2.21. The molecule has 0 saturated heterocycles. The molecule has 0 unspecified atom stereocenters. The van der Waals surface area contributed by atoms with Crippen molar-refractivity contribution in [3.8, 4) is 0 Å². The van der Waals surface area contributed by atoms with Crippen LogP contribution in [0.2, 0.25) is 10.0 Å². The Morgan fingerprint density at radius 3 is 2.24 bits per heavy atom. The van der Waals surface area contributed by atoms with Gasteiger partial charge >= 0.3 is 0 Å². The predicted octanol–water partition coefficient (Wildman–Crippen LogP) is 6.01. The van der Waals surface area contributed by atoms with Crippen LogP contribution in [-0.4, -0.2) is 5.78 Å². The molecular weight excluding hydrogens is 303 g/mol. The van der Waals surface area contributed by atoms with Crippen molar-refractivity contribution >= 4 is 35.1 Å². The zero-order valence-electron chi connectivity index (χ0n) is 11.9. The van der Waals surface area contributed by atoms with E-state index >= 15 is 0 Å². The van der Waals surface area contributed by atoms with Crippen LogP contribution in [0.3, 0.4) is 0 Å². The van der Waals surface area contributed by atoms with Crippen molar-refractivity contribution in [2.24, 2.45) is 0 Å². The van der Waals surface area contributed by atoms with E-state index in [-0.39, 0.29) is 5.78 Å². The molecule has 0 bridgehead atoms. The first-order valence-electron chi connectivity index (χ1n) is 6.75. The minimum atomic E-state index is -0.0958. The van der Waals surface area contributed by atoms with Crippen LogP contribution in [0.25, 0.3) is 6.08 Å². The number of rotatable bonds is 4. The second-order valence-corrected chi connectivity index (χ2v) is 5.96. The van der Waals surface area contributed by atoms with E-state index in [0.29, 0.717) is 21.5 Å². The summed E-state index contributed by atoms with van der Waals surface area (Å²) in [5.74, 6) is 0.405.